The highest BCUT2D eigenvalue weighted by Gasteiger charge is 2.07. The van der Waals surface area contributed by atoms with Gasteiger partial charge in [0.05, 0.1) is 43.3 Å². The second kappa shape index (κ2) is 7.16. The molecule has 0 aliphatic heterocycles. The average molecular weight is 278 g/mol. The van der Waals surface area contributed by atoms with Gasteiger partial charge in [0.15, 0.2) is 0 Å². The van der Waals surface area contributed by atoms with Crippen LogP contribution in [0.25, 0.3) is 0 Å². The Morgan fingerprint density at radius 1 is 1.40 bits per heavy atom. The molecule has 110 valence electrons. The van der Waals surface area contributed by atoms with E-state index in [1.54, 1.807) is 7.11 Å². The van der Waals surface area contributed by atoms with Crippen LogP contribution in [0.4, 0.5) is 0 Å². The molecule has 0 saturated carbocycles. The Hall–Kier alpha value is -1.73. The SMILES string of the molecule is COCCNCc1cn(Cc2cncn2C(C)C)nn1. The Bertz CT molecular complexity index is 518. The van der Waals surface area contributed by atoms with Gasteiger partial charge in [0, 0.05) is 26.2 Å². The number of hydrogen-bond donors (Lipinski definition) is 1. The topological polar surface area (TPSA) is 69.8 Å². The molecule has 1 N–H and O–H groups in total. The fourth-order valence-corrected chi connectivity index (χ4v) is 1.97. The molecular formula is C13H22N6O. The van der Waals surface area contributed by atoms with Crippen molar-refractivity contribution in [2.75, 3.05) is 20.3 Å². The molecule has 7 heteroatoms. The van der Waals surface area contributed by atoms with Gasteiger partial charge in [-0.05, 0) is 13.8 Å². The Labute approximate surface area is 119 Å². The highest BCUT2D eigenvalue weighted by Crippen LogP contribution is 2.10. The second-order valence-electron chi connectivity index (χ2n) is 4.96. The molecule has 0 fully saturated rings. The van der Waals surface area contributed by atoms with Crippen LogP contribution < -0.4 is 5.32 Å². The van der Waals surface area contributed by atoms with Crippen LogP contribution in [-0.2, 0) is 17.8 Å². The number of methoxy groups -OCH3 is 1. The van der Waals surface area contributed by atoms with Gasteiger partial charge in [-0.3, -0.25) is 0 Å². The molecule has 0 amide bonds. The molecule has 0 saturated heterocycles. The van der Waals surface area contributed by atoms with E-state index in [-0.39, 0.29) is 0 Å². The highest BCUT2D eigenvalue weighted by molar-refractivity contribution is 5.02. The Kier molecular flexibility index (Phi) is 5.25. The smallest absolute Gasteiger partial charge is 0.0965 e. The minimum atomic E-state index is 0.395. The molecule has 0 bridgehead atoms. The summed E-state index contributed by atoms with van der Waals surface area (Å²) >= 11 is 0. The lowest BCUT2D eigenvalue weighted by molar-refractivity contribution is 0.199. The highest BCUT2D eigenvalue weighted by atomic mass is 16.5. The van der Waals surface area contributed by atoms with Gasteiger partial charge in [0.1, 0.15) is 0 Å². The molecule has 0 atom stereocenters. The number of rotatable bonds is 8. The van der Waals surface area contributed by atoms with E-state index in [0.717, 1.165) is 17.9 Å². The van der Waals surface area contributed by atoms with Crippen LogP contribution >= 0.6 is 0 Å². The quantitative estimate of drug-likeness (QED) is 0.725. The van der Waals surface area contributed by atoms with Crippen molar-refractivity contribution in [3.63, 3.8) is 0 Å². The van der Waals surface area contributed by atoms with Crippen molar-refractivity contribution in [3.8, 4) is 0 Å². The normalized spacial score (nSPS) is 11.4. The fraction of sp³-hybridized carbons (Fsp3) is 0.615. The lowest BCUT2D eigenvalue weighted by atomic mass is 10.3. The van der Waals surface area contributed by atoms with E-state index < -0.39 is 0 Å². The molecule has 0 aliphatic carbocycles. The Balaban J connectivity index is 1.90. The summed E-state index contributed by atoms with van der Waals surface area (Å²) in [5.74, 6) is 0. The number of aromatic nitrogens is 5. The molecule has 0 spiro atoms. The lowest BCUT2D eigenvalue weighted by Crippen LogP contribution is -2.18. The molecule has 7 nitrogen and oxygen atoms in total. The predicted octanol–water partition coefficient (Wildman–Crippen LogP) is 0.840. The third-order valence-corrected chi connectivity index (χ3v) is 3.00. The van der Waals surface area contributed by atoms with Gasteiger partial charge < -0.3 is 14.6 Å². The Morgan fingerprint density at radius 2 is 2.25 bits per heavy atom. The number of nitrogens with one attached hydrogen (secondary N) is 1. The van der Waals surface area contributed by atoms with Crippen LogP contribution in [0.1, 0.15) is 31.3 Å². The van der Waals surface area contributed by atoms with Crippen LogP contribution in [0.5, 0.6) is 0 Å². The average Bonchev–Trinajstić information content (AvgIpc) is 3.04. The molecule has 0 radical (unpaired) electrons. The zero-order valence-corrected chi connectivity index (χ0v) is 12.3. The molecular weight excluding hydrogens is 256 g/mol. The van der Waals surface area contributed by atoms with Gasteiger partial charge in [-0.25, -0.2) is 9.67 Å². The molecule has 0 aromatic carbocycles. The maximum Gasteiger partial charge on any atom is 0.0965 e. The summed E-state index contributed by atoms with van der Waals surface area (Å²) in [6.45, 7) is 7.16. The maximum absolute atomic E-state index is 4.98. The number of imidazole rings is 1. The molecule has 20 heavy (non-hydrogen) atoms. The van der Waals surface area contributed by atoms with Gasteiger partial charge in [0.2, 0.25) is 0 Å². The van der Waals surface area contributed by atoms with E-state index in [4.69, 9.17) is 4.74 Å². The standard InChI is InChI=1S/C13H22N6O/c1-11(2)19-10-15-7-13(19)9-18-8-12(16-17-18)6-14-4-5-20-3/h7-8,10-11,14H,4-6,9H2,1-3H3. The van der Waals surface area contributed by atoms with Crippen LogP contribution in [0.15, 0.2) is 18.7 Å². The summed E-state index contributed by atoms with van der Waals surface area (Å²) in [4.78, 5) is 4.19. The van der Waals surface area contributed by atoms with Gasteiger partial charge in [0.25, 0.3) is 0 Å². The van der Waals surface area contributed by atoms with E-state index in [1.807, 2.05) is 23.4 Å². The second-order valence-corrected chi connectivity index (χ2v) is 4.96. The van der Waals surface area contributed by atoms with Crippen molar-refractivity contribution >= 4 is 0 Å². The summed E-state index contributed by atoms with van der Waals surface area (Å²) in [7, 11) is 1.69. The first-order valence-corrected chi connectivity index (χ1v) is 6.80. The van der Waals surface area contributed by atoms with Crippen molar-refractivity contribution in [3.05, 3.63) is 30.1 Å². The monoisotopic (exact) mass is 278 g/mol. The number of hydrogen-bond acceptors (Lipinski definition) is 5. The van der Waals surface area contributed by atoms with Crippen LogP contribution in [0.3, 0.4) is 0 Å². The molecule has 0 aliphatic rings. The third-order valence-electron chi connectivity index (χ3n) is 3.00. The zero-order chi connectivity index (χ0) is 14.4. The minimum absolute atomic E-state index is 0.395. The van der Waals surface area contributed by atoms with Crippen molar-refractivity contribution in [2.24, 2.45) is 0 Å². The molecule has 0 unspecified atom stereocenters. The number of nitrogens with zero attached hydrogens (tertiary/aromatic N) is 5. The summed E-state index contributed by atoms with van der Waals surface area (Å²) in [6, 6.07) is 0.395. The maximum atomic E-state index is 4.98. The van der Waals surface area contributed by atoms with Crippen LogP contribution in [0.2, 0.25) is 0 Å². The van der Waals surface area contributed by atoms with Crippen molar-refractivity contribution < 1.29 is 4.74 Å². The number of ether oxygens (including phenoxy) is 1. The molecule has 2 heterocycles. The van der Waals surface area contributed by atoms with Gasteiger partial charge in [-0.15, -0.1) is 5.10 Å². The molecule has 2 aromatic rings. The predicted molar refractivity (Wildman–Crippen MR) is 75.3 cm³/mol. The van der Waals surface area contributed by atoms with E-state index in [2.05, 4.69) is 39.0 Å². The van der Waals surface area contributed by atoms with Crippen molar-refractivity contribution in [1.82, 2.24) is 29.9 Å². The Morgan fingerprint density at radius 3 is 3.00 bits per heavy atom. The van der Waals surface area contributed by atoms with E-state index in [9.17, 15) is 0 Å². The first-order chi connectivity index (χ1) is 9.70. The van der Waals surface area contributed by atoms with Crippen molar-refractivity contribution in [2.45, 2.75) is 33.0 Å². The minimum Gasteiger partial charge on any atom is -0.383 e. The fourth-order valence-electron chi connectivity index (χ4n) is 1.97. The summed E-state index contributed by atoms with van der Waals surface area (Å²) < 4.78 is 8.95. The van der Waals surface area contributed by atoms with Gasteiger partial charge in [-0.1, -0.05) is 5.21 Å². The van der Waals surface area contributed by atoms with Gasteiger partial charge >= 0.3 is 0 Å². The van der Waals surface area contributed by atoms with Crippen LogP contribution in [0, 0.1) is 0 Å². The first-order valence-electron chi connectivity index (χ1n) is 6.80. The molecule has 2 aromatic heterocycles. The lowest BCUT2D eigenvalue weighted by Gasteiger charge is -2.11. The van der Waals surface area contributed by atoms with Gasteiger partial charge in [-0.2, -0.15) is 0 Å². The van der Waals surface area contributed by atoms with E-state index >= 15 is 0 Å². The largest absolute Gasteiger partial charge is 0.383 e. The third kappa shape index (κ3) is 3.88. The van der Waals surface area contributed by atoms with E-state index in [0.29, 0.717) is 25.7 Å². The summed E-state index contributed by atoms with van der Waals surface area (Å²) in [5, 5.41) is 11.5. The molecule has 2 rings (SSSR count). The summed E-state index contributed by atoms with van der Waals surface area (Å²) in [6.07, 6.45) is 5.68. The van der Waals surface area contributed by atoms with Crippen LogP contribution in [-0.4, -0.2) is 44.8 Å². The zero-order valence-electron chi connectivity index (χ0n) is 12.3. The van der Waals surface area contributed by atoms with Crippen molar-refractivity contribution in [1.29, 1.82) is 0 Å². The van der Waals surface area contributed by atoms with E-state index in [1.165, 1.54) is 0 Å². The first kappa shape index (κ1) is 14.7. The summed E-state index contributed by atoms with van der Waals surface area (Å²) in [5.41, 5.74) is 2.06.